The molecule has 0 spiro atoms. The lowest BCUT2D eigenvalue weighted by Crippen LogP contribution is -2.22. The second kappa shape index (κ2) is 7.20. The molecule has 0 saturated heterocycles. The molecule has 0 unspecified atom stereocenters. The predicted octanol–water partition coefficient (Wildman–Crippen LogP) is 2.94. The van der Waals surface area contributed by atoms with Gasteiger partial charge in [0.25, 0.3) is 0 Å². The standard InChI is InChI=1S/C16H18ClN3O/c1-20(2)11-10-19-16-14(4-3-9-18-16)15(21)12-5-7-13(17)8-6-12/h3-9H,10-11H2,1-2H3,(H,18,19). The summed E-state index contributed by atoms with van der Waals surface area (Å²) >= 11 is 5.85. The molecular weight excluding hydrogens is 286 g/mol. The molecule has 2 rings (SSSR count). The monoisotopic (exact) mass is 303 g/mol. The molecule has 0 radical (unpaired) electrons. The van der Waals surface area contributed by atoms with E-state index in [2.05, 4.69) is 15.2 Å². The maximum atomic E-state index is 12.5. The minimum absolute atomic E-state index is 0.0629. The number of aromatic nitrogens is 1. The Labute approximate surface area is 129 Å². The topological polar surface area (TPSA) is 45.2 Å². The second-order valence-electron chi connectivity index (χ2n) is 4.97. The van der Waals surface area contributed by atoms with Gasteiger partial charge in [-0.2, -0.15) is 0 Å². The number of ketones is 1. The van der Waals surface area contributed by atoms with Crippen molar-refractivity contribution in [2.75, 3.05) is 32.5 Å². The smallest absolute Gasteiger partial charge is 0.196 e. The number of hydrogen-bond donors (Lipinski definition) is 1. The van der Waals surface area contributed by atoms with E-state index >= 15 is 0 Å². The van der Waals surface area contributed by atoms with Crippen LogP contribution in [0.5, 0.6) is 0 Å². The van der Waals surface area contributed by atoms with Gasteiger partial charge in [-0.1, -0.05) is 11.6 Å². The van der Waals surface area contributed by atoms with E-state index < -0.39 is 0 Å². The summed E-state index contributed by atoms with van der Waals surface area (Å²) in [5.74, 6) is 0.548. The molecule has 110 valence electrons. The van der Waals surface area contributed by atoms with Crippen molar-refractivity contribution in [3.63, 3.8) is 0 Å². The SMILES string of the molecule is CN(C)CCNc1ncccc1C(=O)c1ccc(Cl)cc1. The van der Waals surface area contributed by atoms with Gasteiger partial charge in [0.2, 0.25) is 0 Å². The van der Waals surface area contributed by atoms with Gasteiger partial charge in [-0.25, -0.2) is 4.98 Å². The summed E-state index contributed by atoms with van der Waals surface area (Å²) in [5, 5.41) is 3.82. The summed E-state index contributed by atoms with van der Waals surface area (Å²) < 4.78 is 0. The molecule has 0 atom stereocenters. The molecule has 0 amide bonds. The van der Waals surface area contributed by atoms with E-state index in [1.807, 2.05) is 14.1 Å². The first-order chi connectivity index (χ1) is 10.1. The maximum Gasteiger partial charge on any atom is 0.196 e. The summed E-state index contributed by atoms with van der Waals surface area (Å²) in [4.78, 5) is 18.9. The Morgan fingerprint density at radius 1 is 1.24 bits per heavy atom. The van der Waals surface area contributed by atoms with Crippen LogP contribution in [0, 0.1) is 0 Å². The average molecular weight is 304 g/mol. The van der Waals surface area contributed by atoms with Gasteiger partial charge < -0.3 is 10.2 Å². The Morgan fingerprint density at radius 3 is 2.62 bits per heavy atom. The molecule has 0 bridgehead atoms. The fourth-order valence-corrected chi connectivity index (χ4v) is 2.01. The van der Waals surface area contributed by atoms with Gasteiger partial charge in [0, 0.05) is 29.9 Å². The molecule has 1 N–H and O–H groups in total. The summed E-state index contributed by atoms with van der Waals surface area (Å²) in [6.45, 7) is 1.59. The fourth-order valence-electron chi connectivity index (χ4n) is 1.88. The third kappa shape index (κ3) is 4.28. The number of likely N-dealkylation sites (N-methyl/N-ethyl adjacent to an activating group) is 1. The van der Waals surface area contributed by atoms with Crippen LogP contribution in [-0.2, 0) is 0 Å². The molecule has 0 aliphatic carbocycles. The lowest BCUT2D eigenvalue weighted by Gasteiger charge is -2.13. The number of rotatable bonds is 6. The van der Waals surface area contributed by atoms with E-state index in [1.165, 1.54) is 0 Å². The Bertz CT molecular complexity index is 611. The third-order valence-corrected chi connectivity index (χ3v) is 3.26. The van der Waals surface area contributed by atoms with Crippen molar-refractivity contribution in [3.8, 4) is 0 Å². The van der Waals surface area contributed by atoms with Crippen molar-refractivity contribution in [2.45, 2.75) is 0 Å². The van der Waals surface area contributed by atoms with Crippen LogP contribution in [-0.4, -0.2) is 42.9 Å². The van der Waals surface area contributed by atoms with E-state index in [-0.39, 0.29) is 5.78 Å². The van der Waals surface area contributed by atoms with Crippen molar-refractivity contribution in [1.82, 2.24) is 9.88 Å². The molecule has 1 aromatic heterocycles. The first-order valence-electron chi connectivity index (χ1n) is 6.72. The highest BCUT2D eigenvalue weighted by molar-refractivity contribution is 6.30. The zero-order chi connectivity index (χ0) is 15.2. The molecular formula is C16H18ClN3O. The largest absolute Gasteiger partial charge is 0.368 e. The highest BCUT2D eigenvalue weighted by atomic mass is 35.5. The summed E-state index contributed by atoms with van der Waals surface area (Å²) in [7, 11) is 4.00. The number of nitrogens with zero attached hydrogens (tertiary/aromatic N) is 2. The van der Waals surface area contributed by atoms with E-state index in [9.17, 15) is 4.79 Å². The van der Waals surface area contributed by atoms with Crippen LogP contribution in [0.1, 0.15) is 15.9 Å². The van der Waals surface area contributed by atoms with Gasteiger partial charge in [-0.15, -0.1) is 0 Å². The zero-order valence-electron chi connectivity index (χ0n) is 12.1. The van der Waals surface area contributed by atoms with Crippen molar-refractivity contribution >= 4 is 23.2 Å². The molecule has 21 heavy (non-hydrogen) atoms. The third-order valence-electron chi connectivity index (χ3n) is 3.01. The summed E-state index contributed by atoms with van der Waals surface area (Å²) in [5.41, 5.74) is 1.17. The van der Waals surface area contributed by atoms with Crippen LogP contribution in [0.25, 0.3) is 0 Å². The van der Waals surface area contributed by atoms with Gasteiger partial charge in [-0.3, -0.25) is 4.79 Å². The first-order valence-corrected chi connectivity index (χ1v) is 7.09. The Morgan fingerprint density at radius 2 is 1.95 bits per heavy atom. The molecule has 0 saturated carbocycles. The first kappa shape index (κ1) is 15.5. The minimum atomic E-state index is -0.0629. The van der Waals surface area contributed by atoms with E-state index in [4.69, 9.17) is 11.6 Å². The predicted molar refractivity (Wildman–Crippen MR) is 86.2 cm³/mol. The Kier molecular flexibility index (Phi) is 5.31. The molecule has 0 fully saturated rings. The molecule has 0 aliphatic heterocycles. The number of halogens is 1. The molecule has 4 nitrogen and oxygen atoms in total. The van der Waals surface area contributed by atoms with Crippen molar-refractivity contribution in [1.29, 1.82) is 0 Å². The van der Waals surface area contributed by atoms with Crippen LogP contribution in [0.15, 0.2) is 42.6 Å². The quantitative estimate of drug-likeness (QED) is 0.833. The van der Waals surface area contributed by atoms with Gasteiger partial charge in [0.15, 0.2) is 5.78 Å². The van der Waals surface area contributed by atoms with Gasteiger partial charge in [-0.05, 0) is 50.5 Å². The van der Waals surface area contributed by atoms with Crippen molar-refractivity contribution < 1.29 is 4.79 Å². The van der Waals surface area contributed by atoms with Crippen LogP contribution in [0.4, 0.5) is 5.82 Å². The van der Waals surface area contributed by atoms with Crippen LogP contribution < -0.4 is 5.32 Å². The zero-order valence-corrected chi connectivity index (χ0v) is 12.9. The lowest BCUT2D eigenvalue weighted by molar-refractivity contribution is 0.103. The Balaban J connectivity index is 2.18. The normalized spacial score (nSPS) is 10.7. The van der Waals surface area contributed by atoms with Crippen LogP contribution >= 0.6 is 11.6 Å². The van der Waals surface area contributed by atoms with Crippen LogP contribution in [0.3, 0.4) is 0 Å². The molecule has 1 aromatic carbocycles. The lowest BCUT2D eigenvalue weighted by atomic mass is 10.0. The molecule has 1 heterocycles. The number of pyridine rings is 1. The van der Waals surface area contributed by atoms with E-state index in [1.54, 1.807) is 42.6 Å². The molecule has 5 heteroatoms. The van der Waals surface area contributed by atoms with Crippen molar-refractivity contribution in [3.05, 3.63) is 58.7 Å². The van der Waals surface area contributed by atoms with E-state index in [0.717, 1.165) is 13.1 Å². The fraction of sp³-hybridized carbons (Fsp3) is 0.250. The molecule has 2 aromatic rings. The minimum Gasteiger partial charge on any atom is -0.368 e. The number of benzene rings is 1. The number of carbonyl (C=O) groups is 1. The maximum absolute atomic E-state index is 12.5. The van der Waals surface area contributed by atoms with Crippen molar-refractivity contribution in [2.24, 2.45) is 0 Å². The Hall–Kier alpha value is -1.91. The molecule has 0 aliphatic rings. The highest BCUT2D eigenvalue weighted by Gasteiger charge is 2.14. The summed E-state index contributed by atoms with van der Waals surface area (Å²) in [6.07, 6.45) is 1.68. The second-order valence-corrected chi connectivity index (χ2v) is 5.40. The number of nitrogens with one attached hydrogen (secondary N) is 1. The summed E-state index contributed by atoms with van der Waals surface area (Å²) in [6, 6.07) is 10.4. The van der Waals surface area contributed by atoms with Gasteiger partial charge >= 0.3 is 0 Å². The number of hydrogen-bond acceptors (Lipinski definition) is 4. The average Bonchev–Trinajstić information content (AvgIpc) is 2.47. The highest BCUT2D eigenvalue weighted by Crippen LogP contribution is 2.18. The van der Waals surface area contributed by atoms with Gasteiger partial charge in [0.05, 0.1) is 5.56 Å². The van der Waals surface area contributed by atoms with Gasteiger partial charge in [0.1, 0.15) is 5.82 Å². The van der Waals surface area contributed by atoms with Crippen LogP contribution in [0.2, 0.25) is 5.02 Å². The number of anilines is 1. The number of carbonyl (C=O) groups excluding carboxylic acids is 1. The van der Waals surface area contributed by atoms with E-state index in [0.29, 0.717) is 22.0 Å².